The van der Waals surface area contributed by atoms with Crippen LogP contribution in [0.4, 0.5) is 0 Å². The standard InChI is InChI=1S/C7H4N3O/c1-3-8-7(9-4-1)6-2-5-11-10-6/h1-4H. The molecule has 0 aromatic carbocycles. The molecule has 4 heteroatoms. The lowest BCUT2D eigenvalue weighted by molar-refractivity contribution is 0.415. The van der Waals surface area contributed by atoms with E-state index in [1.165, 1.54) is 0 Å². The summed E-state index contributed by atoms with van der Waals surface area (Å²) in [6.45, 7) is 0. The smallest absolute Gasteiger partial charge is 0.205 e. The molecule has 0 unspecified atom stereocenters. The second-order valence-corrected chi connectivity index (χ2v) is 1.90. The van der Waals surface area contributed by atoms with Crippen LogP contribution in [0.15, 0.2) is 29.0 Å². The number of hydrogen-bond donors (Lipinski definition) is 0. The molecule has 0 fully saturated rings. The zero-order valence-corrected chi connectivity index (χ0v) is 5.56. The van der Waals surface area contributed by atoms with E-state index >= 15 is 0 Å². The Bertz CT molecular complexity index is 317. The highest BCUT2D eigenvalue weighted by Gasteiger charge is 2.01. The molecule has 4 nitrogen and oxygen atoms in total. The summed E-state index contributed by atoms with van der Waals surface area (Å²) >= 11 is 0. The molecule has 0 aliphatic carbocycles. The van der Waals surface area contributed by atoms with E-state index in [-0.39, 0.29) is 0 Å². The van der Waals surface area contributed by atoms with Crippen LogP contribution in [0.5, 0.6) is 0 Å². The summed E-state index contributed by atoms with van der Waals surface area (Å²) in [6.07, 6.45) is 5.76. The third-order valence-electron chi connectivity index (χ3n) is 1.19. The van der Waals surface area contributed by atoms with Gasteiger partial charge in [-0.25, -0.2) is 9.97 Å². The van der Waals surface area contributed by atoms with Gasteiger partial charge in [-0.2, -0.15) is 0 Å². The van der Waals surface area contributed by atoms with Crippen LogP contribution in [0.2, 0.25) is 0 Å². The molecule has 2 heterocycles. The summed E-state index contributed by atoms with van der Waals surface area (Å²) in [7, 11) is 0. The van der Waals surface area contributed by atoms with E-state index in [9.17, 15) is 0 Å². The average Bonchev–Trinajstić information content (AvgIpc) is 2.58. The molecule has 0 aliphatic heterocycles. The van der Waals surface area contributed by atoms with Crippen molar-refractivity contribution in [2.45, 2.75) is 0 Å². The van der Waals surface area contributed by atoms with Crippen LogP contribution in [-0.2, 0) is 0 Å². The van der Waals surface area contributed by atoms with Gasteiger partial charge in [0.15, 0.2) is 11.5 Å². The first-order chi connectivity index (χ1) is 5.47. The molecule has 0 saturated heterocycles. The molecule has 1 radical (unpaired) electrons. The van der Waals surface area contributed by atoms with E-state index in [0.717, 1.165) is 0 Å². The van der Waals surface area contributed by atoms with Crippen molar-refractivity contribution in [1.82, 2.24) is 15.1 Å². The second-order valence-electron chi connectivity index (χ2n) is 1.90. The minimum absolute atomic E-state index is 0.553. The first kappa shape index (κ1) is 6.03. The summed E-state index contributed by atoms with van der Waals surface area (Å²) in [6, 6.07) is 3.34. The van der Waals surface area contributed by atoms with Gasteiger partial charge >= 0.3 is 0 Å². The Kier molecular flexibility index (Phi) is 1.37. The average molecular weight is 146 g/mol. The van der Waals surface area contributed by atoms with Gasteiger partial charge in [0.05, 0.1) is 0 Å². The van der Waals surface area contributed by atoms with E-state index in [2.05, 4.69) is 25.9 Å². The van der Waals surface area contributed by atoms with Crippen LogP contribution in [0.1, 0.15) is 0 Å². The number of aromatic nitrogens is 3. The van der Waals surface area contributed by atoms with Crippen LogP contribution < -0.4 is 0 Å². The predicted molar refractivity (Wildman–Crippen MR) is 36.4 cm³/mol. The maximum absolute atomic E-state index is 4.51. The molecule has 2 rings (SSSR count). The fraction of sp³-hybridized carbons (Fsp3) is 0. The molecule has 0 aliphatic rings. The van der Waals surface area contributed by atoms with Crippen molar-refractivity contribution in [2.75, 3.05) is 0 Å². The molecule has 0 N–H and O–H groups in total. The van der Waals surface area contributed by atoms with Crippen LogP contribution in [0, 0.1) is 6.26 Å². The van der Waals surface area contributed by atoms with Gasteiger partial charge < -0.3 is 4.52 Å². The zero-order chi connectivity index (χ0) is 7.52. The lowest BCUT2D eigenvalue weighted by Gasteiger charge is -1.88. The number of nitrogens with zero attached hydrogens (tertiary/aromatic N) is 3. The third kappa shape index (κ3) is 1.10. The van der Waals surface area contributed by atoms with Crippen molar-refractivity contribution in [3.63, 3.8) is 0 Å². The van der Waals surface area contributed by atoms with Crippen LogP contribution >= 0.6 is 0 Å². The lowest BCUT2D eigenvalue weighted by atomic mass is 10.4. The molecule has 11 heavy (non-hydrogen) atoms. The maximum atomic E-state index is 4.51. The molecule has 53 valence electrons. The number of hydrogen-bond acceptors (Lipinski definition) is 4. The highest BCUT2D eigenvalue weighted by Crippen LogP contribution is 2.08. The minimum atomic E-state index is 0.553. The first-order valence-electron chi connectivity index (χ1n) is 3.07. The summed E-state index contributed by atoms with van der Waals surface area (Å²) in [5, 5.41) is 3.63. The van der Waals surface area contributed by atoms with Crippen LogP contribution in [0.25, 0.3) is 11.5 Å². The Balaban J connectivity index is 2.46. The summed E-state index contributed by atoms with van der Waals surface area (Å²) in [5.74, 6) is 0.553. The lowest BCUT2D eigenvalue weighted by Crippen LogP contribution is -1.85. The third-order valence-corrected chi connectivity index (χ3v) is 1.19. The fourth-order valence-electron chi connectivity index (χ4n) is 0.721. The summed E-state index contributed by atoms with van der Waals surface area (Å²) in [4.78, 5) is 7.94. The molecular formula is C7H4N3O. The van der Waals surface area contributed by atoms with E-state index in [0.29, 0.717) is 11.5 Å². The molecule has 0 bridgehead atoms. The Labute approximate surface area is 62.9 Å². The Morgan fingerprint density at radius 1 is 1.27 bits per heavy atom. The molecular weight excluding hydrogens is 142 g/mol. The van der Waals surface area contributed by atoms with E-state index in [4.69, 9.17) is 0 Å². The van der Waals surface area contributed by atoms with E-state index < -0.39 is 0 Å². The van der Waals surface area contributed by atoms with Crippen molar-refractivity contribution in [2.24, 2.45) is 0 Å². The molecule has 2 aromatic heterocycles. The van der Waals surface area contributed by atoms with Crippen molar-refractivity contribution in [3.8, 4) is 11.5 Å². The van der Waals surface area contributed by atoms with Gasteiger partial charge in [-0.05, 0) is 6.07 Å². The normalized spacial score (nSPS) is 9.82. The zero-order valence-electron chi connectivity index (χ0n) is 5.56. The van der Waals surface area contributed by atoms with Crippen LogP contribution in [0.3, 0.4) is 0 Å². The van der Waals surface area contributed by atoms with Gasteiger partial charge in [-0.1, -0.05) is 5.16 Å². The highest BCUT2D eigenvalue weighted by atomic mass is 16.5. The molecule has 0 atom stereocenters. The molecule has 0 amide bonds. The molecule has 0 spiro atoms. The quantitative estimate of drug-likeness (QED) is 0.600. The van der Waals surface area contributed by atoms with Gasteiger partial charge in [-0.3, -0.25) is 0 Å². The highest BCUT2D eigenvalue weighted by molar-refractivity contribution is 5.45. The fourth-order valence-corrected chi connectivity index (χ4v) is 0.721. The second kappa shape index (κ2) is 2.49. The predicted octanol–water partition coefficient (Wildman–Crippen LogP) is 0.932. The van der Waals surface area contributed by atoms with Crippen LogP contribution in [-0.4, -0.2) is 15.1 Å². The first-order valence-corrected chi connectivity index (χ1v) is 3.07. The van der Waals surface area contributed by atoms with Gasteiger partial charge in [0.25, 0.3) is 0 Å². The largest absolute Gasteiger partial charge is 0.352 e. The van der Waals surface area contributed by atoms with Crippen molar-refractivity contribution in [1.29, 1.82) is 0 Å². The topological polar surface area (TPSA) is 51.8 Å². The van der Waals surface area contributed by atoms with E-state index in [1.54, 1.807) is 24.5 Å². The molecule has 0 saturated carbocycles. The van der Waals surface area contributed by atoms with Crippen molar-refractivity contribution >= 4 is 0 Å². The molecule has 2 aromatic rings. The van der Waals surface area contributed by atoms with Gasteiger partial charge in [0, 0.05) is 18.5 Å². The summed E-state index contributed by atoms with van der Waals surface area (Å²) < 4.78 is 4.51. The maximum Gasteiger partial charge on any atom is 0.205 e. The Hall–Kier alpha value is -1.71. The SMILES string of the molecule is [c]1cc(-c2ncccn2)no1. The Morgan fingerprint density at radius 3 is 2.73 bits per heavy atom. The van der Waals surface area contributed by atoms with Crippen molar-refractivity contribution < 1.29 is 4.52 Å². The van der Waals surface area contributed by atoms with Crippen molar-refractivity contribution in [3.05, 3.63) is 30.8 Å². The monoisotopic (exact) mass is 146 g/mol. The van der Waals surface area contributed by atoms with Gasteiger partial charge in [0.1, 0.15) is 0 Å². The van der Waals surface area contributed by atoms with Gasteiger partial charge in [0.2, 0.25) is 6.26 Å². The minimum Gasteiger partial charge on any atom is -0.352 e. The Morgan fingerprint density at radius 2 is 2.09 bits per heavy atom. The summed E-state index contributed by atoms with van der Waals surface area (Å²) in [5.41, 5.74) is 0.602. The number of rotatable bonds is 1. The van der Waals surface area contributed by atoms with Gasteiger partial charge in [-0.15, -0.1) is 0 Å². The van der Waals surface area contributed by atoms with E-state index in [1.807, 2.05) is 0 Å².